The van der Waals surface area contributed by atoms with Gasteiger partial charge in [0.1, 0.15) is 0 Å². The van der Waals surface area contributed by atoms with Crippen molar-refractivity contribution in [3.05, 3.63) is 59.7 Å². The van der Waals surface area contributed by atoms with Crippen molar-refractivity contribution in [3.63, 3.8) is 0 Å². The molecule has 4 heteroatoms. The molecule has 0 radical (unpaired) electrons. The fraction of sp³-hybridized carbons (Fsp3) is 0.250. The first-order valence-electron chi connectivity index (χ1n) is 6.26. The van der Waals surface area contributed by atoms with Crippen LogP contribution in [0.1, 0.15) is 17.2 Å². The van der Waals surface area contributed by atoms with Crippen molar-refractivity contribution in [1.29, 1.82) is 0 Å². The number of hydrogen-bond acceptors (Lipinski definition) is 3. The summed E-state index contributed by atoms with van der Waals surface area (Å²) in [5.74, 6) is 1.47. The van der Waals surface area contributed by atoms with Gasteiger partial charge in [-0.05, 0) is 29.7 Å². The van der Waals surface area contributed by atoms with Gasteiger partial charge in [-0.3, -0.25) is 0 Å². The zero-order valence-corrected chi connectivity index (χ0v) is 12.5. The third-order valence-corrected chi connectivity index (χ3v) is 3.13. The normalized spacial score (nSPS) is 11.3. The molecule has 3 nitrogen and oxygen atoms in total. The van der Waals surface area contributed by atoms with E-state index < -0.39 is 0 Å². The first kappa shape index (κ1) is 16.3. The minimum absolute atomic E-state index is 0. The first-order valence-corrected chi connectivity index (χ1v) is 6.26. The minimum atomic E-state index is -0.0145. The van der Waals surface area contributed by atoms with E-state index in [1.807, 2.05) is 48.5 Å². The van der Waals surface area contributed by atoms with Gasteiger partial charge >= 0.3 is 0 Å². The van der Waals surface area contributed by atoms with Crippen LogP contribution in [0.5, 0.6) is 11.5 Å². The molecule has 2 aromatic rings. The molecule has 1 unspecified atom stereocenters. The van der Waals surface area contributed by atoms with Gasteiger partial charge in [0.25, 0.3) is 0 Å². The summed E-state index contributed by atoms with van der Waals surface area (Å²) in [6.45, 7) is 0. The molecule has 108 valence electrons. The van der Waals surface area contributed by atoms with E-state index in [1.165, 1.54) is 0 Å². The number of rotatable bonds is 5. The van der Waals surface area contributed by atoms with Gasteiger partial charge in [0.05, 0.1) is 14.2 Å². The van der Waals surface area contributed by atoms with Crippen LogP contribution in [0.15, 0.2) is 48.5 Å². The molecule has 2 aromatic carbocycles. The van der Waals surface area contributed by atoms with Crippen LogP contribution >= 0.6 is 12.4 Å². The van der Waals surface area contributed by atoms with Crippen molar-refractivity contribution in [2.75, 3.05) is 14.2 Å². The van der Waals surface area contributed by atoms with E-state index in [0.29, 0.717) is 0 Å². The summed E-state index contributed by atoms with van der Waals surface area (Å²) in [5, 5.41) is 0. The van der Waals surface area contributed by atoms with Gasteiger partial charge in [-0.25, -0.2) is 0 Å². The molecule has 0 aliphatic heterocycles. The van der Waals surface area contributed by atoms with E-state index in [0.717, 1.165) is 29.0 Å². The maximum atomic E-state index is 6.22. The summed E-state index contributed by atoms with van der Waals surface area (Å²) in [5.41, 5.74) is 8.49. The molecule has 0 fully saturated rings. The summed E-state index contributed by atoms with van der Waals surface area (Å²) in [7, 11) is 3.27. The van der Waals surface area contributed by atoms with E-state index in [2.05, 4.69) is 0 Å². The van der Waals surface area contributed by atoms with Crippen molar-refractivity contribution < 1.29 is 9.47 Å². The zero-order chi connectivity index (χ0) is 13.7. The Morgan fingerprint density at radius 3 is 2.20 bits per heavy atom. The Morgan fingerprint density at radius 2 is 1.60 bits per heavy atom. The lowest BCUT2D eigenvalue weighted by Gasteiger charge is -2.14. The molecule has 0 amide bonds. The molecule has 1 atom stereocenters. The molecular weight excluding hydrogens is 274 g/mol. The molecule has 20 heavy (non-hydrogen) atoms. The summed E-state index contributed by atoms with van der Waals surface area (Å²) in [4.78, 5) is 0. The summed E-state index contributed by atoms with van der Waals surface area (Å²) in [6.07, 6.45) is 0.768. The standard InChI is InChI=1S/C16H19NO2.ClH/c1-18-15-9-8-12(11-16(15)19-2)10-14(17)13-6-4-3-5-7-13;/h3-9,11,14H,10,17H2,1-2H3;1H. The fourth-order valence-corrected chi connectivity index (χ4v) is 2.08. The van der Waals surface area contributed by atoms with Crippen LogP contribution in [0.3, 0.4) is 0 Å². The molecular formula is C16H20ClNO2. The third kappa shape index (κ3) is 3.89. The van der Waals surface area contributed by atoms with Crippen molar-refractivity contribution in [2.45, 2.75) is 12.5 Å². The highest BCUT2D eigenvalue weighted by Crippen LogP contribution is 2.29. The Bertz CT molecular complexity index is 531. The SMILES string of the molecule is COc1ccc(CC(N)c2ccccc2)cc1OC.Cl. The average molecular weight is 294 g/mol. The Morgan fingerprint density at radius 1 is 0.950 bits per heavy atom. The van der Waals surface area contributed by atoms with Gasteiger partial charge in [-0.1, -0.05) is 36.4 Å². The second-order valence-corrected chi connectivity index (χ2v) is 4.41. The largest absolute Gasteiger partial charge is 0.493 e. The second kappa shape index (κ2) is 7.78. The number of hydrogen-bond donors (Lipinski definition) is 1. The van der Waals surface area contributed by atoms with Crippen LogP contribution in [-0.4, -0.2) is 14.2 Å². The molecule has 2 rings (SSSR count). The van der Waals surface area contributed by atoms with Gasteiger partial charge < -0.3 is 15.2 Å². The Balaban J connectivity index is 0.00000200. The van der Waals surface area contributed by atoms with E-state index in [4.69, 9.17) is 15.2 Å². The predicted molar refractivity (Wildman–Crippen MR) is 83.9 cm³/mol. The summed E-state index contributed by atoms with van der Waals surface area (Å²) in [6, 6.07) is 16.0. The average Bonchev–Trinajstić information content (AvgIpc) is 2.48. The van der Waals surface area contributed by atoms with Crippen molar-refractivity contribution in [1.82, 2.24) is 0 Å². The maximum Gasteiger partial charge on any atom is 0.160 e. The number of nitrogens with two attached hydrogens (primary N) is 1. The summed E-state index contributed by atoms with van der Waals surface area (Å²) < 4.78 is 10.5. The molecule has 0 spiro atoms. The van der Waals surface area contributed by atoms with E-state index >= 15 is 0 Å². The van der Waals surface area contributed by atoms with E-state index in [9.17, 15) is 0 Å². The lowest BCUT2D eigenvalue weighted by atomic mass is 9.99. The van der Waals surface area contributed by atoms with Crippen molar-refractivity contribution in [3.8, 4) is 11.5 Å². The third-order valence-electron chi connectivity index (χ3n) is 3.13. The number of methoxy groups -OCH3 is 2. The molecule has 0 aliphatic rings. The zero-order valence-electron chi connectivity index (χ0n) is 11.7. The lowest BCUT2D eigenvalue weighted by Crippen LogP contribution is -2.13. The van der Waals surface area contributed by atoms with Gasteiger partial charge in [-0.2, -0.15) is 0 Å². The molecule has 0 bridgehead atoms. The quantitative estimate of drug-likeness (QED) is 0.919. The molecule has 0 saturated heterocycles. The van der Waals surface area contributed by atoms with Gasteiger partial charge in [0.15, 0.2) is 11.5 Å². The van der Waals surface area contributed by atoms with Gasteiger partial charge in [0.2, 0.25) is 0 Å². The van der Waals surface area contributed by atoms with E-state index in [1.54, 1.807) is 14.2 Å². The van der Waals surface area contributed by atoms with Crippen LogP contribution < -0.4 is 15.2 Å². The molecule has 0 heterocycles. The Kier molecular flexibility index (Phi) is 6.36. The van der Waals surface area contributed by atoms with Crippen LogP contribution in [-0.2, 0) is 6.42 Å². The monoisotopic (exact) mass is 293 g/mol. The first-order chi connectivity index (χ1) is 9.24. The lowest BCUT2D eigenvalue weighted by molar-refractivity contribution is 0.354. The molecule has 2 N–H and O–H groups in total. The van der Waals surface area contributed by atoms with Gasteiger partial charge in [0, 0.05) is 6.04 Å². The molecule has 0 aliphatic carbocycles. The number of halogens is 1. The van der Waals surface area contributed by atoms with Gasteiger partial charge in [-0.15, -0.1) is 12.4 Å². The molecule has 0 aromatic heterocycles. The second-order valence-electron chi connectivity index (χ2n) is 4.41. The smallest absolute Gasteiger partial charge is 0.160 e. The van der Waals surface area contributed by atoms with Crippen molar-refractivity contribution in [2.24, 2.45) is 5.73 Å². The van der Waals surface area contributed by atoms with Crippen LogP contribution in [0.25, 0.3) is 0 Å². The van der Waals surface area contributed by atoms with Crippen LogP contribution in [0.4, 0.5) is 0 Å². The fourth-order valence-electron chi connectivity index (χ4n) is 2.08. The highest BCUT2D eigenvalue weighted by atomic mass is 35.5. The highest BCUT2D eigenvalue weighted by Gasteiger charge is 2.09. The summed E-state index contributed by atoms with van der Waals surface area (Å²) >= 11 is 0. The van der Waals surface area contributed by atoms with Crippen LogP contribution in [0, 0.1) is 0 Å². The minimum Gasteiger partial charge on any atom is -0.493 e. The van der Waals surface area contributed by atoms with E-state index in [-0.39, 0.29) is 18.4 Å². The topological polar surface area (TPSA) is 44.5 Å². The maximum absolute atomic E-state index is 6.22. The Labute approximate surface area is 126 Å². The Hall–Kier alpha value is -1.71. The predicted octanol–water partition coefficient (Wildman–Crippen LogP) is 3.37. The number of ether oxygens (including phenoxy) is 2. The van der Waals surface area contributed by atoms with Crippen molar-refractivity contribution >= 4 is 12.4 Å². The van der Waals surface area contributed by atoms with Crippen LogP contribution in [0.2, 0.25) is 0 Å². The number of benzene rings is 2. The molecule has 0 saturated carbocycles. The highest BCUT2D eigenvalue weighted by molar-refractivity contribution is 5.85.